The third-order valence-electron chi connectivity index (χ3n) is 10.6. The highest BCUT2D eigenvalue weighted by atomic mass is 16.6. The van der Waals surface area contributed by atoms with Gasteiger partial charge in [0.15, 0.2) is 5.78 Å². The third kappa shape index (κ3) is 2.13. The van der Waals surface area contributed by atoms with Crippen LogP contribution in [-0.2, 0) is 14.3 Å². The third-order valence-corrected chi connectivity index (χ3v) is 10.6. The first kappa shape index (κ1) is 19.7. The van der Waals surface area contributed by atoms with Crippen LogP contribution in [0.4, 0.5) is 4.79 Å². The van der Waals surface area contributed by atoms with Gasteiger partial charge >= 0.3 is 6.09 Å². The largest absolute Gasteiger partial charge is 0.443 e. The van der Waals surface area contributed by atoms with Gasteiger partial charge in [0.05, 0.1) is 6.04 Å². The molecule has 0 radical (unpaired) electrons. The SMILES string of the molecule is CC1(C)[C@@H]2CC[C@@]1(C)[C@H]1[C@@H]2OC(=O)N1C(=O)C1=C(c2ccccc2)C(=O)[C@H]2[C@@H]1[C@@H]1C=C[C@H]2C1. The summed E-state index contributed by atoms with van der Waals surface area (Å²) in [4.78, 5) is 42.7. The number of imide groups is 1. The average molecular weight is 444 g/mol. The maximum atomic E-state index is 14.4. The molecule has 6 aliphatic rings. The Labute approximate surface area is 193 Å². The summed E-state index contributed by atoms with van der Waals surface area (Å²) in [7, 11) is 0. The number of fused-ring (bicyclic) bond motifs is 10. The predicted molar refractivity (Wildman–Crippen MR) is 122 cm³/mol. The van der Waals surface area contributed by atoms with Crippen LogP contribution in [0, 0.1) is 40.4 Å². The van der Waals surface area contributed by atoms with E-state index in [0.717, 1.165) is 24.8 Å². The summed E-state index contributed by atoms with van der Waals surface area (Å²) in [5.74, 6) is 0.0874. The van der Waals surface area contributed by atoms with Gasteiger partial charge in [-0.2, -0.15) is 0 Å². The van der Waals surface area contributed by atoms with E-state index in [9.17, 15) is 14.4 Å². The monoisotopic (exact) mass is 443 g/mol. The first-order valence-electron chi connectivity index (χ1n) is 12.3. The van der Waals surface area contributed by atoms with E-state index in [4.69, 9.17) is 4.74 Å². The summed E-state index contributed by atoms with van der Waals surface area (Å²) in [6.45, 7) is 6.73. The lowest BCUT2D eigenvalue weighted by Crippen LogP contribution is -2.51. The normalized spacial score (nSPS) is 43.5. The van der Waals surface area contributed by atoms with E-state index in [1.165, 1.54) is 4.90 Å². The number of carbonyl (C=O) groups is 3. The highest BCUT2D eigenvalue weighted by Gasteiger charge is 2.73. The molecule has 3 saturated carbocycles. The van der Waals surface area contributed by atoms with E-state index in [0.29, 0.717) is 11.1 Å². The van der Waals surface area contributed by atoms with Crippen LogP contribution in [-0.4, -0.2) is 34.8 Å². The number of hydrogen-bond acceptors (Lipinski definition) is 4. The van der Waals surface area contributed by atoms with Crippen LogP contribution >= 0.6 is 0 Å². The van der Waals surface area contributed by atoms with Crippen molar-refractivity contribution in [3.8, 4) is 0 Å². The molecule has 5 aliphatic carbocycles. The number of carbonyl (C=O) groups excluding carboxylic acids is 3. The number of allylic oxidation sites excluding steroid dienone is 3. The molecule has 1 saturated heterocycles. The molecule has 5 nitrogen and oxygen atoms in total. The summed E-state index contributed by atoms with van der Waals surface area (Å²) in [6.07, 6.45) is 6.47. The van der Waals surface area contributed by atoms with Crippen molar-refractivity contribution < 1.29 is 19.1 Å². The number of ketones is 1. The molecule has 5 heteroatoms. The van der Waals surface area contributed by atoms with Gasteiger partial charge in [-0.15, -0.1) is 0 Å². The van der Waals surface area contributed by atoms with Crippen LogP contribution in [0.2, 0.25) is 0 Å². The highest BCUT2D eigenvalue weighted by Crippen LogP contribution is 2.69. The Bertz CT molecular complexity index is 1180. The Morgan fingerprint density at radius 2 is 1.73 bits per heavy atom. The van der Waals surface area contributed by atoms with E-state index < -0.39 is 6.09 Å². The van der Waals surface area contributed by atoms with Gasteiger partial charge in [0.25, 0.3) is 5.91 Å². The maximum absolute atomic E-state index is 14.4. The molecule has 2 amide bonds. The standard InChI is InChI=1S/C28H29NO4/c1-27(2)17-11-12-28(27,3)24-23(17)33-26(32)29(24)25(31)21-18-15-9-10-16(13-15)20(18)22(30)19(21)14-7-5-4-6-8-14/h4-10,15-18,20,23-24H,11-13H2,1-3H3/t15-,16+,17-,18+,20-,23-,24-,28+/m1/s1. The van der Waals surface area contributed by atoms with Crippen LogP contribution < -0.4 is 0 Å². The predicted octanol–water partition coefficient (Wildman–Crippen LogP) is 4.63. The number of rotatable bonds is 2. The molecule has 0 spiro atoms. The van der Waals surface area contributed by atoms with Crippen molar-refractivity contribution in [2.75, 3.05) is 0 Å². The summed E-state index contributed by atoms with van der Waals surface area (Å²) < 4.78 is 5.90. The lowest BCUT2D eigenvalue weighted by Gasteiger charge is -2.41. The van der Waals surface area contributed by atoms with E-state index in [-0.39, 0.29) is 64.3 Å². The fourth-order valence-electron chi connectivity index (χ4n) is 8.64. The lowest BCUT2D eigenvalue weighted by molar-refractivity contribution is -0.128. The Morgan fingerprint density at radius 3 is 2.45 bits per heavy atom. The summed E-state index contributed by atoms with van der Waals surface area (Å²) in [6, 6.07) is 9.27. The van der Waals surface area contributed by atoms with E-state index >= 15 is 0 Å². The number of hydrogen-bond donors (Lipinski definition) is 0. The number of benzene rings is 1. The van der Waals surface area contributed by atoms with Gasteiger partial charge < -0.3 is 4.74 Å². The van der Waals surface area contributed by atoms with Gasteiger partial charge in [-0.05, 0) is 47.5 Å². The smallest absolute Gasteiger partial charge is 0.417 e. The first-order valence-corrected chi connectivity index (χ1v) is 12.3. The van der Waals surface area contributed by atoms with Crippen LogP contribution in [0.15, 0.2) is 48.1 Å². The molecule has 1 heterocycles. The number of Topliss-reactive ketones (excluding diaryl/α,β-unsaturated/α-hetero) is 1. The van der Waals surface area contributed by atoms with Gasteiger partial charge in [-0.3, -0.25) is 9.59 Å². The van der Waals surface area contributed by atoms with Gasteiger partial charge in [0, 0.05) is 28.9 Å². The van der Waals surface area contributed by atoms with Crippen LogP contribution in [0.3, 0.4) is 0 Å². The fraction of sp³-hybridized carbons (Fsp3) is 0.536. The first-order chi connectivity index (χ1) is 15.8. The molecule has 1 aliphatic heterocycles. The zero-order valence-electron chi connectivity index (χ0n) is 19.3. The Morgan fingerprint density at radius 1 is 1.03 bits per heavy atom. The molecule has 1 aromatic rings. The molecule has 0 unspecified atom stereocenters. The highest BCUT2D eigenvalue weighted by molar-refractivity contribution is 6.31. The molecule has 33 heavy (non-hydrogen) atoms. The molecule has 7 rings (SSSR count). The minimum absolute atomic E-state index is 0.0125. The second-order valence-corrected chi connectivity index (χ2v) is 11.8. The molecular weight excluding hydrogens is 414 g/mol. The van der Waals surface area contributed by atoms with Gasteiger partial charge in [0.2, 0.25) is 0 Å². The zero-order chi connectivity index (χ0) is 22.9. The van der Waals surface area contributed by atoms with Crippen molar-refractivity contribution in [2.24, 2.45) is 40.4 Å². The summed E-state index contributed by atoms with van der Waals surface area (Å²) >= 11 is 0. The molecule has 4 fully saturated rings. The van der Waals surface area contributed by atoms with Crippen molar-refractivity contribution in [1.29, 1.82) is 0 Å². The van der Waals surface area contributed by atoms with Crippen molar-refractivity contribution in [3.63, 3.8) is 0 Å². The molecule has 0 aromatic heterocycles. The zero-order valence-corrected chi connectivity index (χ0v) is 19.3. The van der Waals surface area contributed by atoms with E-state index in [1.807, 2.05) is 30.3 Å². The van der Waals surface area contributed by atoms with Crippen LogP contribution in [0.25, 0.3) is 5.57 Å². The summed E-state index contributed by atoms with van der Waals surface area (Å²) in [5, 5.41) is 0. The molecule has 0 N–H and O–H groups in total. The minimum Gasteiger partial charge on any atom is -0.443 e. The number of ether oxygens (including phenoxy) is 1. The topological polar surface area (TPSA) is 63.7 Å². The maximum Gasteiger partial charge on any atom is 0.417 e. The molecular formula is C28H29NO4. The van der Waals surface area contributed by atoms with E-state index in [1.54, 1.807) is 0 Å². The molecule has 8 atom stereocenters. The van der Waals surface area contributed by atoms with Crippen molar-refractivity contribution in [3.05, 3.63) is 53.6 Å². The van der Waals surface area contributed by atoms with Crippen LogP contribution in [0.5, 0.6) is 0 Å². The van der Waals surface area contributed by atoms with Crippen molar-refractivity contribution >= 4 is 23.4 Å². The van der Waals surface area contributed by atoms with Crippen molar-refractivity contribution in [1.82, 2.24) is 4.90 Å². The fourth-order valence-corrected chi connectivity index (χ4v) is 8.64. The molecule has 4 bridgehead atoms. The van der Waals surface area contributed by atoms with Gasteiger partial charge in [-0.1, -0.05) is 63.3 Å². The van der Waals surface area contributed by atoms with Gasteiger partial charge in [-0.25, -0.2) is 9.69 Å². The molecule has 1 aromatic carbocycles. The Kier molecular flexibility index (Phi) is 3.62. The Hall–Kier alpha value is -2.69. The van der Waals surface area contributed by atoms with Crippen molar-refractivity contribution in [2.45, 2.75) is 52.2 Å². The number of amides is 2. The second-order valence-electron chi connectivity index (χ2n) is 11.8. The lowest BCUT2D eigenvalue weighted by atomic mass is 9.68. The van der Waals surface area contributed by atoms with E-state index in [2.05, 4.69) is 32.9 Å². The Balaban J connectivity index is 1.38. The quantitative estimate of drug-likeness (QED) is 0.625. The molecule has 170 valence electrons. The minimum atomic E-state index is -0.530. The summed E-state index contributed by atoms with van der Waals surface area (Å²) in [5.41, 5.74) is 1.66. The second kappa shape index (κ2) is 6.05. The average Bonchev–Trinajstić information content (AvgIpc) is 3.58. The van der Waals surface area contributed by atoms with Gasteiger partial charge in [0.1, 0.15) is 6.10 Å². The van der Waals surface area contributed by atoms with Crippen LogP contribution in [0.1, 0.15) is 45.6 Å². The number of nitrogens with zero attached hydrogens (tertiary/aromatic N) is 1.